The molecule has 3 aromatic heterocycles. The minimum absolute atomic E-state index is 0.0678. The molecule has 0 bridgehead atoms. The van der Waals surface area contributed by atoms with Crippen molar-refractivity contribution in [3.63, 3.8) is 0 Å². The van der Waals surface area contributed by atoms with Gasteiger partial charge in [-0.25, -0.2) is 18.7 Å². The van der Waals surface area contributed by atoms with Crippen LogP contribution in [0.3, 0.4) is 0 Å². The summed E-state index contributed by atoms with van der Waals surface area (Å²) in [7, 11) is 0. The zero-order valence-electron chi connectivity index (χ0n) is 15.6. The van der Waals surface area contributed by atoms with Crippen LogP contribution in [0.1, 0.15) is 6.92 Å². The van der Waals surface area contributed by atoms with Crippen LogP contribution in [0.2, 0.25) is 0 Å². The molecule has 0 aliphatic heterocycles. The largest absolute Gasteiger partial charge is 0.337 e. The Morgan fingerprint density at radius 2 is 1.97 bits per heavy atom. The van der Waals surface area contributed by atoms with E-state index in [2.05, 4.69) is 25.3 Å². The molecule has 0 aliphatic carbocycles. The number of fused-ring (bicyclic) bond motifs is 2. The first-order valence-electron chi connectivity index (χ1n) is 9.05. The number of nitrogens with zero attached hydrogens (tertiary/aromatic N) is 4. The Morgan fingerprint density at radius 3 is 2.77 bits per heavy atom. The predicted molar refractivity (Wildman–Crippen MR) is 108 cm³/mol. The van der Waals surface area contributed by atoms with Crippen molar-refractivity contribution in [2.45, 2.75) is 6.92 Å². The van der Waals surface area contributed by atoms with Gasteiger partial charge in [0.15, 0.2) is 11.6 Å². The van der Waals surface area contributed by atoms with E-state index >= 15 is 0 Å². The molecular weight excluding hydrogens is 390 g/mol. The number of rotatable bonds is 3. The van der Waals surface area contributed by atoms with E-state index in [0.29, 0.717) is 17.0 Å². The number of hydrogen-bond donors (Lipinski definition) is 2. The highest BCUT2D eigenvalue weighted by atomic mass is 19.1. The lowest BCUT2D eigenvalue weighted by Gasteiger charge is -2.10. The Hall–Kier alpha value is -4.14. The fourth-order valence-corrected chi connectivity index (χ4v) is 3.35. The van der Waals surface area contributed by atoms with Gasteiger partial charge in [0.1, 0.15) is 17.8 Å². The molecule has 1 amide bonds. The van der Waals surface area contributed by atoms with Gasteiger partial charge >= 0.3 is 0 Å². The molecule has 0 aliphatic rings. The van der Waals surface area contributed by atoms with E-state index in [1.54, 1.807) is 4.40 Å². The summed E-state index contributed by atoms with van der Waals surface area (Å²) in [6, 6.07) is 9.85. The number of imidazole rings is 2. The lowest BCUT2D eigenvalue weighted by molar-refractivity contribution is -0.114. The Balaban J connectivity index is 1.61. The molecular formula is C21H14F2N6O. The molecule has 30 heavy (non-hydrogen) atoms. The molecule has 9 heteroatoms. The quantitative estimate of drug-likeness (QED) is 0.472. The predicted octanol–water partition coefficient (Wildman–Crippen LogP) is 4.18. The molecule has 0 saturated heterocycles. The van der Waals surface area contributed by atoms with E-state index in [4.69, 9.17) is 0 Å². The molecule has 0 atom stereocenters. The fraction of sp³-hybridized carbons (Fsp3) is 0.0476. The molecule has 0 saturated carbocycles. The summed E-state index contributed by atoms with van der Waals surface area (Å²) < 4.78 is 30.9. The monoisotopic (exact) mass is 404 g/mol. The third kappa shape index (κ3) is 2.87. The Morgan fingerprint density at radius 1 is 1.13 bits per heavy atom. The van der Waals surface area contributed by atoms with Crippen LogP contribution in [0.15, 0.2) is 55.1 Å². The van der Waals surface area contributed by atoms with Crippen molar-refractivity contribution in [3.8, 4) is 22.8 Å². The summed E-state index contributed by atoms with van der Waals surface area (Å²) in [6.45, 7) is 1.25. The number of benzene rings is 2. The number of nitrogens with one attached hydrogen (secondary N) is 2. The van der Waals surface area contributed by atoms with E-state index in [1.165, 1.54) is 31.7 Å². The summed E-state index contributed by atoms with van der Waals surface area (Å²) >= 11 is 0. The SMILES string of the molecule is CC(=O)Nc1ccc(F)c(-c2cn3cnc(-c4nc5ccccc5[nH]4)c3cn2)c1F. The van der Waals surface area contributed by atoms with Crippen molar-refractivity contribution in [1.82, 2.24) is 24.3 Å². The lowest BCUT2D eigenvalue weighted by atomic mass is 10.1. The van der Waals surface area contributed by atoms with Crippen molar-refractivity contribution in [2.75, 3.05) is 5.32 Å². The van der Waals surface area contributed by atoms with E-state index in [9.17, 15) is 13.6 Å². The van der Waals surface area contributed by atoms with Crippen molar-refractivity contribution in [3.05, 3.63) is 66.8 Å². The number of carbonyl (C=O) groups excluding carboxylic acids is 1. The van der Waals surface area contributed by atoms with Crippen molar-refractivity contribution in [1.29, 1.82) is 0 Å². The van der Waals surface area contributed by atoms with Crippen LogP contribution in [-0.2, 0) is 4.79 Å². The molecule has 0 unspecified atom stereocenters. The number of anilines is 1. The normalized spacial score (nSPS) is 11.3. The molecule has 3 heterocycles. The van der Waals surface area contributed by atoms with E-state index in [-0.39, 0.29) is 16.9 Å². The first kappa shape index (κ1) is 17.9. The minimum atomic E-state index is -0.894. The Bertz CT molecular complexity index is 1410. The van der Waals surface area contributed by atoms with Gasteiger partial charge < -0.3 is 14.7 Å². The Labute approximate surface area is 168 Å². The third-order valence-corrected chi connectivity index (χ3v) is 4.69. The highest BCUT2D eigenvalue weighted by Gasteiger charge is 2.19. The van der Waals surface area contributed by atoms with Crippen LogP contribution >= 0.6 is 0 Å². The number of amides is 1. The van der Waals surface area contributed by atoms with Crippen LogP contribution in [-0.4, -0.2) is 30.2 Å². The maximum atomic E-state index is 14.8. The number of carbonyl (C=O) groups is 1. The molecule has 7 nitrogen and oxygen atoms in total. The van der Waals surface area contributed by atoms with Gasteiger partial charge in [-0.05, 0) is 24.3 Å². The molecule has 2 aromatic carbocycles. The second-order valence-corrected chi connectivity index (χ2v) is 6.73. The van der Waals surface area contributed by atoms with Gasteiger partial charge in [0.2, 0.25) is 5.91 Å². The molecule has 0 spiro atoms. The van der Waals surface area contributed by atoms with Gasteiger partial charge in [-0.3, -0.25) is 9.78 Å². The van der Waals surface area contributed by atoms with Gasteiger partial charge in [0.25, 0.3) is 0 Å². The highest BCUT2D eigenvalue weighted by Crippen LogP contribution is 2.31. The molecule has 0 fully saturated rings. The van der Waals surface area contributed by atoms with Crippen LogP contribution in [0, 0.1) is 11.6 Å². The minimum Gasteiger partial charge on any atom is -0.337 e. The zero-order valence-corrected chi connectivity index (χ0v) is 15.6. The van der Waals surface area contributed by atoms with Gasteiger partial charge in [0.05, 0.1) is 39.7 Å². The van der Waals surface area contributed by atoms with Gasteiger partial charge in [-0.1, -0.05) is 12.1 Å². The zero-order chi connectivity index (χ0) is 20.8. The third-order valence-electron chi connectivity index (χ3n) is 4.69. The van der Waals surface area contributed by atoms with Crippen molar-refractivity contribution < 1.29 is 13.6 Å². The van der Waals surface area contributed by atoms with Crippen LogP contribution in [0.5, 0.6) is 0 Å². The maximum Gasteiger partial charge on any atom is 0.221 e. The molecule has 0 radical (unpaired) electrons. The smallest absolute Gasteiger partial charge is 0.221 e. The molecule has 148 valence electrons. The van der Waals surface area contributed by atoms with E-state index in [1.807, 2.05) is 24.3 Å². The fourth-order valence-electron chi connectivity index (χ4n) is 3.35. The lowest BCUT2D eigenvalue weighted by Crippen LogP contribution is -2.09. The standard InChI is InChI=1S/C21H14F2N6O/c1-11(30)26-15-7-6-12(22)18(19(15)23)16-9-29-10-25-20(17(29)8-24-16)21-27-13-4-2-3-5-14(13)28-21/h2-10H,1H3,(H,26,30)(H,27,28). The van der Waals surface area contributed by atoms with E-state index in [0.717, 1.165) is 17.1 Å². The summed E-state index contributed by atoms with van der Waals surface area (Å²) in [4.78, 5) is 27.6. The number of hydrogen-bond acceptors (Lipinski definition) is 4. The first-order chi connectivity index (χ1) is 14.5. The molecule has 5 aromatic rings. The number of H-pyrrole nitrogens is 1. The van der Waals surface area contributed by atoms with Crippen molar-refractivity contribution >= 4 is 28.1 Å². The van der Waals surface area contributed by atoms with Crippen LogP contribution < -0.4 is 5.32 Å². The first-order valence-corrected chi connectivity index (χ1v) is 9.05. The summed E-state index contributed by atoms with van der Waals surface area (Å²) in [5, 5.41) is 2.35. The van der Waals surface area contributed by atoms with Gasteiger partial charge in [0, 0.05) is 13.1 Å². The average molecular weight is 404 g/mol. The molecule has 2 N–H and O–H groups in total. The highest BCUT2D eigenvalue weighted by molar-refractivity contribution is 5.90. The summed E-state index contributed by atoms with van der Waals surface area (Å²) in [6.07, 6.45) is 4.48. The number of aromatic amines is 1. The maximum absolute atomic E-state index is 14.8. The van der Waals surface area contributed by atoms with E-state index < -0.39 is 17.5 Å². The second kappa shape index (κ2) is 6.73. The van der Waals surface area contributed by atoms with Crippen LogP contribution in [0.25, 0.3) is 39.3 Å². The summed E-state index contributed by atoms with van der Waals surface area (Å²) in [5.41, 5.74) is 2.49. The number of aromatic nitrogens is 5. The van der Waals surface area contributed by atoms with Crippen molar-refractivity contribution in [2.24, 2.45) is 0 Å². The van der Waals surface area contributed by atoms with Gasteiger partial charge in [-0.15, -0.1) is 0 Å². The molecule has 5 rings (SSSR count). The second-order valence-electron chi connectivity index (χ2n) is 6.73. The summed E-state index contributed by atoms with van der Waals surface area (Å²) in [5.74, 6) is -1.57. The Kier molecular flexibility index (Phi) is 4.02. The topological polar surface area (TPSA) is 88.0 Å². The number of halogens is 2. The average Bonchev–Trinajstić information content (AvgIpc) is 3.33. The van der Waals surface area contributed by atoms with Gasteiger partial charge in [-0.2, -0.15) is 0 Å². The van der Waals surface area contributed by atoms with Crippen LogP contribution in [0.4, 0.5) is 14.5 Å². The number of para-hydroxylation sites is 2.